The van der Waals surface area contributed by atoms with Crippen LogP contribution in [0.1, 0.15) is 29.7 Å². The number of aromatic nitrogens is 2. The van der Waals surface area contributed by atoms with Crippen LogP contribution in [-0.2, 0) is 23.4 Å². The molecule has 14 heteroatoms. The van der Waals surface area contributed by atoms with Crippen molar-refractivity contribution in [3.8, 4) is 5.75 Å². The van der Waals surface area contributed by atoms with Gasteiger partial charge in [0.25, 0.3) is 5.56 Å². The standard InChI is InChI=1S/C23H31FN3O9P/c1-14(2)34-20(30)15(3)12-37(32,36-16-7-5-4-6-8-16)33-11-17-19(29)23(25,13-24)21(35-17)27-10-9-18(28)26-22(27)31/h4-10,14-15,17,19,21,29H,11-13,25H2,1-3H3,(H,26,28,31)/t15-,17-,19+,21-,23?,37+/m1/s1/i11D2. The molecule has 1 fully saturated rings. The second kappa shape index (κ2) is 11.7. The van der Waals surface area contributed by atoms with E-state index in [0.29, 0.717) is 4.57 Å². The topological polar surface area (TPSA) is 172 Å². The lowest BCUT2D eigenvalue weighted by atomic mass is 9.92. The predicted octanol–water partition coefficient (Wildman–Crippen LogP) is 1.34. The van der Waals surface area contributed by atoms with Crippen molar-refractivity contribution in [2.75, 3.05) is 19.4 Å². The number of carbonyl (C=O) groups is 1. The Morgan fingerprint density at radius 3 is 2.59 bits per heavy atom. The van der Waals surface area contributed by atoms with E-state index in [0.717, 1.165) is 12.3 Å². The Morgan fingerprint density at radius 1 is 1.32 bits per heavy atom. The fourth-order valence-electron chi connectivity index (χ4n) is 3.57. The minimum atomic E-state index is -4.57. The van der Waals surface area contributed by atoms with Crippen LogP contribution in [0.5, 0.6) is 5.75 Å². The van der Waals surface area contributed by atoms with E-state index in [1.165, 1.54) is 19.1 Å². The number of hydrogen-bond donors (Lipinski definition) is 3. The van der Waals surface area contributed by atoms with Crippen LogP contribution in [-0.4, -0.2) is 63.9 Å². The van der Waals surface area contributed by atoms with Gasteiger partial charge >= 0.3 is 19.3 Å². The molecule has 0 spiro atoms. The highest BCUT2D eigenvalue weighted by Crippen LogP contribution is 2.51. The lowest BCUT2D eigenvalue weighted by Crippen LogP contribution is -2.57. The smallest absolute Gasteiger partial charge is 0.380 e. The summed E-state index contributed by atoms with van der Waals surface area (Å²) in [6.45, 7) is -0.0173. The second-order valence-electron chi connectivity index (χ2n) is 8.91. The van der Waals surface area contributed by atoms with Crippen LogP contribution in [0, 0.1) is 5.92 Å². The molecule has 6 atom stereocenters. The molecule has 37 heavy (non-hydrogen) atoms. The largest absolute Gasteiger partial charge is 0.463 e. The van der Waals surface area contributed by atoms with Gasteiger partial charge in [0, 0.05) is 12.3 Å². The van der Waals surface area contributed by atoms with Crippen molar-refractivity contribution >= 4 is 13.6 Å². The number of benzene rings is 1. The maximum absolute atomic E-state index is 14.2. The summed E-state index contributed by atoms with van der Waals surface area (Å²) in [4.78, 5) is 38.1. The van der Waals surface area contributed by atoms with Crippen LogP contribution in [0.2, 0.25) is 0 Å². The van der Waals surface area contributed by atoms with Crippen molar-refractivity contribution in [3.63, 3.8) is 0 Å². The molecule has 0 amide bonds. The number of para-hydroxylation sites is 1. The molecule has 1 aliphatic heterocycles. The van der Waals surface area contributed by atoms with E-state index >= 15 is 0 Å². The first-order valence-corrected chi connectivity index (χ1v) is 13.1. The summed E-state index contributed by atoms with van der Waals surface area (Å²) in [6, 6.07) is 8.55. The van der Waals surface area contributed by atoms with E-state index in [-0.39, 0.29) is 5.75 Å². The van der Waals surface area contributed by atoms with Gasteiger partial charge in [-0.2, -0.15) is 0 Å². The average molecular weight is 545 g/mol. The van der Waals surface area contributed by atoms with E-state index in [1.54, 1.807) is 32.0 Å². The summed E-state index contributed by atoms with van der Waals surface area (Å²) in [5.41, 5.74) is 1.85. The fraction of sp³-hybridized carbons (Fsp3) is 0.522. The summed E-state index contributed by atoms with van der Waals surface area (Å²) in [5.74, 6) is -1.78. The van der Waals surface area contributed by atoms with Gasteiger partial charge in [0.15, 0.2) is 6.23 Å². The second-order valence-corrected chi connectivity index (χ2v) is 10.9. The van der Waals surface area contributed by atoms with Crippen molar-refractivity contribution in [1.82, 2.24) is 9.55 Å². The number of aliphatic hydroxyl groups excluding tert-OH is 1. The van der Waals surface area contributed by atoms with Crippen molar-refractivity contribution < 1.29 is 40.1 Å². The number of ether oxygens (including phenoxy) is 2. The number of hydrogen-bond acceptors (Lipinski definition) is 10. The SMILES string of the molecule is [2H]C([2H])(O[P@@](=O)(C[C@@H](C)C(=O)OC(C)C)Oc1ccccc1)[C@H]1O[C@@H](n2ccc(=O)[nH]c2=O)C(N)(CF)[C@H]1O. The van der Waals surface area contributed by atoms with Gasteiger partial charge in [-0.05, 0) is 26.0 Å². The number of nitrogens with zero attached hydrogens (tertiary/aromatic N) is 1. The zero-order chi connectivity index (χ0) is 29.2. The summed E-state index contributed by atoms with van der Waals surface area (Å²) in [5, 5.41) is 10.9. The zero-order valence-corrected chi connectivity index (χ0v) is 21.3. The average Bonchev–Trinajstić information content (AvgIpc) is 3.10. The van der Waals surface area contributed by atoms with Crippen LogP contribution in [0.3, 0.4) is 0 Å². The lowest BCUT2D eigenvalue weighted by molar-refractivity contribution is -0.151. The first-order chi connectivity index (χ1) is 18.1. The molecule has 0 aliphatic carbocycles. The minimum absolute atomic E-state index is 0.0311. The Kier molecular flexibility index (Phi) is 8.16. The number of H-pyrrole nitrogens is 1. The number of carbonyl (C=O) groups excluding carboxylic acids is 1. The third-order valence-corrected chi connectivity index (χ3v) is 7.32. The molecule has 204 valence electrons. The Labute approximate surface area is 214 Å². The molecule has 2 aromatic rings. The highest BCUT2D eigenvalue weighted by molar-refractivity contribution is 7.54. The van der Waals surface area contributed by atoms with Gasteiger partial charge in [-0.15, -0.1) is 0 Å². The van der Waals surface area contributed by atoms with Crippen LogP contribution < -0.4 is 21.5 Å². The zero-order valence-electron chi connectivity index (χ0n) is 22.4. The van der Waals surface area contributed by atoms with Gasteiger partial charge in [-0.25, -0.2) is 13.8 Å². The number of rotatable bonds is 11. The predicted molar refractivity (Wildman–Crippen MR) is 130 cm³/mol. The number of aromatic amines is 1. The molecule has 1 saturated heterocycles. The third-order valence-electron chi connectivity index (χ3n) is 5.46. The highest BCUT2D eigenvalue weighted by Gasteiger charge is 2.56. The van der Waals surface area contributed by atoms with Gasteiger partial charge in [-0.1, -0.05) is 25.1 Å². The summed E-state index contributed by atoms with van der Waals surface area (Å²) in [7, 11) is -4.57. The number of nitrogens with one attached hydrogen (secondary N) is 1. The molecule has 0 saturated carbocycles. The van der Waals surface area contributed by atoms with Gasteiger partial charge in [0.2, 0.25) is 0 Å². The number of nitrogens with two attached hydrogens (primary N) is 1. The van der Waals surface area contributed by atoms with Gasteiger partial charge in [0.1, 0.15) is 30.2 Å². The van der Waals surface area contributed by atoms with Crippen LogP contribution >= 0.6 is 7.60 Å². The number of aliphatic hydroxyl groups is 1. The molecule has 1 aliphatic rings. The van der Waals surface area contributed by atoms with E-state index in [1.807, 2.05) is 4.98 Å². The van der Waals surface area contributed by atoms with E-state index in [2.05, 4.69) is 0 Å². The first kappa shape index (κ1) is 25.8. The number of esters is 1. The molecule has 4 N–H and O–H groups in total. The normalized spacial score (nSPS) is 27.2. The van der Waals surface area contributed by atoms with E-state index in [9.17, 15) is 28.4 Å². The Balaban J connectivity index is 1.96. The molecule has 3 rings (SSSR count). The highest BCUT2D eigenvalue weighted by atomic mass is 31.2. The number of halogens is 1. The molecule has 1 aromatic heterocycles. The Bertz CT molecular complexity index is 1330. The summed E-state index contributed by atoms with van der Waals surface area (Å²) >= 11 is 0. The quantitative estimate of drug-likeness (QED) is 0.276. The van der Waals surface area contributed by atoms with Gasteiger partial charge in [-0.3, -0.25) is 23.7 Å². The Hall–Kier alpha value is -2.83. The maximum Gasteiger partial charge on any atom is 0.380 e. The van der Waals surface area contributed by atoms with Crippen molar-refractivity contribution in [2.45, 2.75) is 50.8 Å². The van der Waals surface area contributed by atoms with Crippen LogP contribution in [0.25, 0.3) is 0 Å². The molecule has 0 bridgehead atoms. The first-order valence-electron chi connectivity index (χ1n) is 12.4. The molecule has 2 heterocycles. The van der Waals surface area contributed by atoms with Crippen molar-refractivity contribution in [3.05, 3.63) is 63.4 Å². The maximum atomic E-state index is 14.2. The monoisotopic (exact) mass is 545 g/mol. The lowest BCUT2D eigenvalue weighted by Gasteiger charge is -2.30. The van der Waals surface area contributed by atoms with Gasteiger partial charge in [0.05, 0.1) is 27.5 Å². The van der Waals surface area contributed by atoms with Crippen LogP contribution in [0.15, 0.2) is 52.2 Å². The molecule has 12 nitrogen and oxygen atoms in total. The molecule has 1 unspecified atom stereocenters. The molecular formula is C23H31FN3O9P. The van der Waals surface area contributed by atoms with Crippen molar-refractivity contribution in [2.24, 2.45) is 11.7 Å². The molecular weight excluding hydrogens is 512 g/mol. The van der Waals surface area contributed by atoms with E-state index in [4.69, 9.17) is 27.0 Å². The van der Waals surface area contributed by atoms with Gasteiger partial charge < -0.3 is 24.8 Å². The van der Waals surface area contributed by atoms with Crippen LogP contribution in [0.4, 0.5) is 4.39 Å². The Morgan fingerprint density at radius 2 is 2.00 bits per heavy atom. The summed E-state index contributed by atoms with van der Waals surface area (Å²) in [6.07, 6.45) is -6.17. The minimum Gasteiger partial charge on any atom is -0.463 e. The van der Waals surface area contributed by atoms with Crippen molar-refractivity contribution in [1.29, 1.82) is 0 Å². The molecule has 1 aromatic carbocycles. The molecule has 0 radical (unpaired) electrons. The fourth-order valence-corrected chi connectivity index (χ4v) is 5.28. The third kappa shape index (κ3) is 6.74. The number of alkyl halides is 1. The van der Waals surface area contributed by atoms with E-state index < -0.39 is 80.2 Å². The summed E-state index contributed by atoms with van der Waals surface area (Å²) < 4.78 is 67.3.